The summed E-state index contributed by atoms with van der Waals surface area (Å²) in [4.78, 5) is 15.9. The molecule has 2 rings (SSSR count). The van der Waals surface area contributed by atoms with E-state index < -0.39 is 0 Å². The molecule has 0 radical (unpaired) electrons. The monoisotopic (exact) mass is 203 g/mol. The van der Waals surface area contributed by atoms with Crippen molar-refractivity contribution in [2.75, 3.05) is 6.54 Å². The maximum atomic E-state index is 11.7. The van der Waals surface area contributed by atoms with Gasteiger partial charge in [-0.2, -0.15) is 0 Å². The van der Waals surface area contributed by atoms with Crippen LogP contribution in [0.25, 0.3) is 5.65 Å². The fourth-order valence-corrected chi connectivity index (χ4v) is 1.55. The second kappa shape index (κ2) is 3.82. The van der Waals surface area contributed by atoms with E-state index in [0.29, 0.717) is 18.7 Å². The van der Waals surface area contributed by atoms with Crippen molar-refractivity contribution < 1.29 is 4.79 Å². The number of hydrogen-bond acceptors (Lipinski definition) is 3. The molecular formula is C11H13N3O. The number of imidazole rings is 1. The highest BCUT2D eigenvalue weighted by Gasteiger charge is 2.10. The predicted molar refractivity (Wildman–Crippen MR) is 57.9 cm³/mol. The molecule has 0 saturated heterocycles. The van der Waals surface area contributed by atoms with Crippen molar-refractivity contribution >= 4 is 11.4 Å². The third kappa shape index (κ3) is 1.76. The quantitative estimate of drug-likeness (QED) is 0.762. The molecule has 0 bridgehead atoms. The molecule has 0 aliphatic rings. The van der Waals surface area contributed by atoms with Gasteiger partial charge in [-0.1, -0.05) is 6.07 Å². The second-order valence-electron chi connectivity index (χ2n) is 3.54. The summed E-state index contributed by atoms with van der Waals surface area (Å²) >= 11 is 0. The minimum absolute atomic E-state index is 0.0376. The lowest BCUT2D eigenvalue weighted by molar-refractivity contribution is 0.0980. The average molecular weight is 203 g/mol. The fourth-order valence-electron chi connectivity index (χ4n) is 1.55. The number of carbonyl (C=O) groups is 1. The van der Waals surface area contributed by atoms with E-state index in [2.05, 4.69) is 4.98 Å². The number of hydrogen-bond donors (Lipinski definition) is 1. The van der Waals surface area contributed by atoms with Gasteiger partial charge in [0, 0.05) is 12.6 Å². The van der Waals surface area contributed by atoms with Gasteiger partial charge in [-0.05, 0) is 25.1 Å². The van der Waals surface area contributed by atoms with Crippen molar-refractivity contribution in [2.24, 2.45) is 5.73 Å². The molecule has 2 aromatic heterocycles. The molecule has 4 heteroatoms. The highest BCUT2D eigenvalue weighted by atomic mass is 16.1. The van der Waals surface area contributed by atoms with Crippen molar-refractivity contribution in [2.45, 2.75) is 13.3 Å². The lowest BCUT2D eigenvalue weighted by Crippen LogP contribution is -2.10. The number of ketones is 1. The van der Waals surface area contributed by atoms with Crippen LogP contribution in [0.2, 0.25) is 0 Å². The Morgan fingerprint density at radius 3 is 3.07 bits per heavy atom. The summed E-state index contributed by atoms with van der Waals surface area (Å²) in [6.45, 7) is 2.36. The number of aromatic nitrogens is 2. The number of fused-ring (bicyclic) bond motifs is 1. The normalized spacial score (nSPS) is 10.8. The van der Waals surface area contributed by atoms with Crippen LogP contribution in [0.15, 0.2) is 24.5 Å². The molecule has 0 spiro atoms. The molecule has 0 atom stereocenters. The first-order valence-corrected chi connectivity index (χ1v) is 4.89. The molecule has 2 N–H and O–H groups in total. The lowest BCUT2D eigenvalue weighted by atomic mass is 10.2. The topological polar surface area (TPSA) is 60.4 Å². The van der Waals surface area contributed by atoms with Gasteiger partial charge in [-0.3, -0.25) is 9.20 Å². The molecule has 0 aromatic carbocycles. The smallest absolute Gasteiger partial charge is 0.182 e. The second-order valence-corrected chi connectivity index (χ2v) is 3.54. The summed E-state index contributed by atoms with van der Waals surface area (Å²) in [5.74, 6) is 0.0376. The Labute approximate surface area is 87.7 Å². The summed E-state index contributed by atoms with van der Waals surface area (Å²) in [5.41, 5.74) is 7.86. The van der Waals surface area contributed by atoms with Crippen molar-refractivity contribution in [1.82, 2.24) is 9.38 Å². The molecule has 0 saturated carbocycles. The van der Waals surface area contributed by atoms with Gasteiger partial charge in [-0.15, -0.1) is 0 Å². The standard InChI is InChI=1S/C11H13N3O/c1-8-2-3-11-13-6-9(14(11)7-8)10(15)4-5-12/h2-3,6-7H,4-5,12H2,1H3. The Balaban J connectivity index is 2.52. The van der Waals surface area contributed by atoms with Gasteiger partial charge in [0.25, 0.3) is 0 Å². The van der Waals surface area contributed by atoms with Crippen molar-refractivity contribution in [3.8, 4) is 0 Å². The first-order chi connectivity index (χ1) is 7.22. The highest BCUT2D eigenvalue weighted by Crippen LogP contribution is 2.10. The van der Waals surface area contributed by atoms with E-state index in [1.54, 1.807) is 6.20 Å². The molecule has 4 nitrogen and oxygen atoms in total. The SMILES string of the molecule is Cc1ccc2ncc(C(=O)CCN)n2c1. The van der Waals surface area contributed by atoms with Gasteiger partial charge in [0.2, 0.25) is 0 Å². The van der Waals surface area contributed by atoms with Crippen LogP contribution < -0.4 is 5.73 Å². The maximum absolute atomic E-state index is 11.7. The van der Waals surface area contributed by atoms with E-state index in [1.807, 2.05) is 29.7 Å². The van der Waals surface area contributed by atoms with Gasteiger partial charge in [0.05, 0.1) is 6.20 Å². The summed E-state index contributed by atoms with van der Waals surface area (Å²) in [5, 5.41) is 0. The summed E-state index contributed by atoms with van der Waals surface area (Å²) in [6, 6.07) is 3.87. The molecule has 78 valence electrons. The number of nitrogens with zero attached hydrogens (tertiary/aromatic N) is 2. The van der Waals surface area contributed by atoms with E-state index in [-0.39, 0.29) is 5.78 Å². The zero-order valence-electron chi connectivity index (χ0n) is 8.60. The van der Waals surface area contributed by atoms with Crippen molar-refractivity contribution in [3.05, 3.63) is 35.8 Å². The zero-order chi connectivity index (χ0) is 10.8. The van der Waals surface area contributed by atoms with Crippen LogP contribution in [0.4, 0.5) is 0 Å². The van der Waals surface area contributed by atoms with Crippen LogP contribution in [-0.4, -0.2) is 21.7 Å². The highest BCUT2D eigenvalue weighted by molar-refractivity contribution is 5.95. The first kappa shape index (κ1) is 9.86. The Kier molecular flexibility index (Phi) is 2.51. The molecule has 15 heavy (non-hydrogen) atoms. The Morgan fingerprint density at radius 1 is 1.53 bits per heavy atom. The van der Waals surface area contributed by atoms with Gasteiger partial charge < -0.3 is 5.73 Å². The summed E-state index contributed by atoms with van der Waals surface area (Å²) in [6.07, 6.45) is 3.88. The average Bonchev–Trinajstić information content (AvgIpc) is 2.60. The van der Waals surface area contributed by atoms with Crippen LogP contribution in [0.1, 0.15) is 22.5 Å². The van der Waals surface area contributed by atoms with Crippen molar-refractivity contribution in [1.29, 1.82) is 0 Å². The molecule has 0 aliphatic carbocycles. The van der Waals surface area contributed by atoms with Gasteiger partial charge in [-0.25, -0.2) is 4.98 Å². The lowest BCUT2D eigenvalue weighted by Gasteiger charge is -2.00. The van der Waals surface area contributed by atoms with E-state index in [9.17, 15) is 4.79 Å². The molecule has 0 aliphatic heterocycles. The number of nitrogens with two attached hydrogens (primary N) is 1. The van der Waals surface area contributed by atoms with Gasteiger partial charge >= 0.3 is 0 Å². The molecule has 0 amide bonds. The minimum Gasteiger partial charge on any atom is -0.330 e. The maximum Gasteiger partial charge on any atom is 0.182 e. The van der Waals surface area contributed by atoms with Crippen LogP contribution in [0.3, 0.4) is 0 Å². The summed E-state index contributed by atoms with van der Waals surface area (Å²) in [7, 11) is 0. The largest absolute Gasteiger partial charge is 0.330 e. The van der Waals surface area contributed by atoms with E-state index in [1.165, 1.54) is 0 Å². The van der Waals surface area contributed by atoms with Crippen LogP contribution in [-0.2, 0) is 0 Å². The molecule has 2 heterocycles. The zero-order valence-corrected chi connectivity index (χ0v) is 8.60. The van der Waals surface area contributed by atoms with Crippen molar-refractivity contribution in [3.63, 3.8) is 0 Å². The van der Waals surface area contributed by atoms with Crippen LogP contribution in [0.5, 0.6) is 0 Å². The Morgan fingerprint density at radius 2 is 2.33 bits per heavy atom. The van der Waals surface area contributed by atoms with Gasteiger partial charge in [0.1, 0.15) is 11.3 Å². The predicted octanol–water partition coefficient (Wildman–Crippen LogP) is 1.17. The van der Waals surface area contributed by atoms with E-state index >= 15 is 0 Å². The van der Waals surface area contributed by atoms with E-state index in [4.69, 9.17) is 5.73 Å². The fraction of sp³-hybridized carbons (Fsp3) is 0.273. The third-order valence-corrected chi connectivity index (χ3v) is 2.31. The minimum atomic E-state index is 0.0376. The number of rotatable bonds is 3. The van der Waals surface area contributed by atoms with Crippen LogP contribution in [0, 0.1) is 6.92 Å². The molecule has 2 aromatic rings. The third-order valence-electron chi connectivity index (χ3n) is 2.31. The first-order valence-electron chi connectivity index (χ1n) is 4.89. The Hall–Kier alpha value is -1.68. The summed E-state index contributed by atoms with van der Waals surface area (Å²) < 4.78 is 1.81. The number of aryl methyl sites for hydroxylation is 1. The molecule has 0 fully saturated rings. The number of Topliss-reactive ketones (excluding diaryl/α,β-unsaturated/α-hetero) is 1. The molecule has 0 unspecified atom stereocenters. The number of carbonyl (C=O) groups excluding carboxylic acids is 1. The molecular weight excluding hydrogens is 190 g/mol. The van der Waals surface area contributed by atoms with E-state index in [0.717, 1.165) is 11.2 Å². The van der Waals surface area contributed by atoms with Crippen LogP contribution >= 0.6 is 0 Å². The number of pyridine rings is 1. The Bertz CT molecular complexity index is 502. The van der Waals surface area contributed by atoms with Gasteiger partial charge in [0.15, 0.2) is 5.78 Å².